The van der Waals surface area contributed by atoms with Crippen LogP contribution >= 0.6 is 0 Å². The van der Waals surface area contributed by atoms with E-state index in [4.69, 9.17) is 45.0 Å². The van der Waals surface area contributed by atoms with Crippen molar-refractivity contribution in [2.24, 2.45) is 0 Å². The Labute approximate surface area is 112 Å². The molecule has 0 spiro atoms. The summed E-state index contributed by atoms with van der Waals surface area (Å²) < 4.78 is 0. The minimum Gasteiger partial charge on any atom is -0.652 e. The average Bonchev–Trinajstić information content (AvgIpc) is 1.54. The molecule has 9 nitrogen and oxygen atoms in total. The van der Waals surface area contributed by atoms with E-state index in [9.17, 15) is 0 Å². The molecule has 0 amide bonds. The number of carboxylic acid groups (broad SMARTS) is 6. The molecule has 0 aromatic rings. The Hall–Kier alpha value is -0.554. The Morgan fingerprint density at radius 1 is 0.500 bits per heavy atom. The Morgan fingerprint density at radius 2 is 0.500 bits per heavy atom. The van der Waals surface area contributed by atoms with E-state index in [1.54, 1.807) is 0 Å². The van der Waals surface area contributed by atoms with E-state index in [2.05, 4.69) is 0 Å². The third-order valence-electron chi connectivity index (χ3n) is 0. The van der Waals surface area contributed by atoms with Gasteiger partial charge in [-0.25, -0.2) is 0 Å². The summed E-state index contributed by atoms with van der Waals surface area (Å²) in [6, 6.07) is 0. The molecule has 0 aliphatic carbocycles. The first-order valence-electron chi connectivity index (χ1n) is 1.84. The fraction of sp³-hybridized carbons (Fsp3) is 0. The predicted octanol–water partition coefficient (Wildman–Crippen LogP) is -8.10. The maximum atomic E-state index is 8.33. The molecule has 0 fully saturated rings. The molecular weight excluding hydrogens is 424 g/mol. The molecule has 0 N–H and O–H groups in total. The van der Waals surface area contributed by atoms with Crippen LogP contribution in [0.5, 0.6) is 0 Å². The van der Waals surface area contributed by atoms with E-state index in [-0.39, 0.29) is 48.9 Å². The molecule has 0 aromatic heterocycles. The second-order valence-corrected chi connectivity index (χ2v) is 0.750. The summed E-state index contributed by atoms with van der Waals surface area (Å²) in [4.78, 5) is 25.0. The number of carbonyl (C=O) groups excluding carboxylic acids is 3. The molecule has 0 aliphatic rings. The van der Waals surface area contributed by atoms with Crippen molar-refractivity contribution in [2.75, 3.05) is 0 Å². The monoisotopic (exact) mass is 422 g/mol. The van der Waals surface area contributed by atoms with Gasteiger partial charge in [0.05, 0.1) is 0 Å². The van der Waals surface area contributed by atoms with E-state index in [1.165, 1.54) is 0 Å². The normalized spacial score (nSPS) is 5.14. The van der Waals surface area contributed by atoms with Gasteiger partial charge in [0.15, 0.2) is 0 Å². The van der Waals surface area contributed by atoms with Crippen LogP contribution in [0.3, 0.4) is 0 Å². The van der Waals surface area contributed by atoms with Gasteiger partial charge >= 0.3 is 48.9 Å². The summed E-state index contributed by atoms with van der Waals surface area (Å²) in [5.41, 5.74) is 0. The minimum atomic E-state index is -2.33. The van der Waals surface area contributed by atoms with Gasteiger partial charge in [-0.1, -0.05) is 0 Å². The van der Waals surface area contributed by atoms with Gasteiger partial charge in [-0.15, -0.1) is 0 Å². The second-order valence-electron chi connectivity index (χ2n) is 0.750. The smallest absolute Gasteiger partial charge is 0.652 e. The quantitative estimate of drug-likeness (QED) is 0.340. The largest absolute Gasteiger partial charge is 3.00 e. The molecule has 0 atom stereocenters. The minimum absolute atomic E-state index is 0. The molecule has 0 rings (SSSR count). The molecule has 0 bridgehead atoms. The molecule has 14 heavy (non-hydrogen) atoms. The predicted molar refractivity (Wildman–Crippen MR) is 27.7 cm³/mol. The zero-order valence-corrected chi connectivity index (χ0v) is 11.2. The van der Waals surface area contributed by atoms with E-state index in [1.807, 2.05) is 0 Å². The molecule has 4 radical (unpaired) electrons. The number of carbonyl (C=O) groups is 3. The van der Waals surface area contributed by atoms with E-state index in [0.29, 0.717) is 0 Å². The third-order valence-corrected chi connectivity index (χ3v) is 0. The molecule has 0 aliphatic heterocycles. The van der Waals surface area contributed by atoms with Gasteiger partial charge in [0.2, 0.25) is 0 Å². The number of hydrogen-bond acceptors (Lipinski definition) is 9. The molecule has 76 valence electrons. The van der Waals surface area contributed by atoms with Crippen LogP contribution in [0.2, 0.25) is 0 Å². The fourth-order valence-electron chi connectivity index (χ4n) is 0. The fourth-order valence-corrected chi connectivity index (χ4v) is 0. The Balaban J connectivity index is -0.0000000270. The molecule has 0 saturated heterocycles. The zero-order chi connectivity index (χ0) is 10.7. The Morgan fingerprint density at radius 3 is 0.500 bits per heavy atom. The van der Waals surface area contributed by atoms with E-state index < -0.39 is 18.5 Å². The van der Waals surface area contributed by atoms with Crippen LogP contribution in [-0.4, -0.2) is 67.3 Å². The zero-order valence-electron chi connectivity index (χ0n) is 6.07. The molecule has 0 heterocycles. The summed E-state index contributed by atoms with van der Waals surface area (Å²) in [6.07, 6.45) is -7.00. The van der Waals surface area contributed by atoms with Gasteiger partial charge in [0, 0.05) is 0 Å². The average molecular weight is 424 g/mol. The van der Waals surface area contributed by atoms with E-state index in [0.717, 1.165) is 0 Å². The molecule has 0 saturated carbocycles. The van der Waals surface area contributed by atoms with Gasteiger partial charge in [-0.2, -0.15) is 0 Å². The first-order chi connectivity index (χ1) is 5.20. The van der Waals surface area contributed by atoms with Gasteiger partial charge in [-0.05, 0) is 18.5 Å². The van der Waals surface area contributed by atoms with E-state index >= 15 is 0 Å². The summed E-state index contributed by atoms with van der Waals surface area (Å²) in [5, 5.41) is 50.0. The van der Waals surface area contributed by atoms with Crippen LogP contribution in [0.25, 0.3) is 0 Å². The first-order valence-corrected chi connectivity index (χ1v) is 1.84. The second kappa shape index (κ2) is 22.9. The number of rotatable bonds is 0. The van der Waals surface area contributed by atoms with Crippen molar-refractivity contribution < 1.29 is 45.0 Å². The van der Waals surface area contributed by atoms with Crippen molar-refractivity contribution in [3.63, 3.8) is 0 Å². The summed E-state index contributed by atoms with van der Waals surface area (Å²) >= 11 is 0. The number of hydrogen-bond donors (Lipinski definition) is 0. The summed E-state index contributed by atoms with van der Waals surface area (Å²) in [5.74, 6) is 0. The summed E-state index contributed by atoms with van der Waals surface area (Å²) in [7, 11) is 0. The van der Waals surface area contributed by atoms with Crippen LogP contribution in [0, 0.1) is 0 Å². The van der Waals surface area contributed by atoms with Gasteiger partial charge in [0.1, 0.15) is 0 Å². The molecule has 0 aromatic carbocycles. The maximum absolute atomic E-state index is 8.33. The van der Waals surface area contributed by atoms with Gasteiger partial charge < -0.3 is 45.0 Å². The van der Waals surface area contributed by atoms with Crippen LogP contribution in [-0.2, 0) is 0 Å². The van der Waals surface area contributed by atoms with Crippen molar-refractivity contribution >= 4 is 67.3 Å². The standard InChI is InChI=1S/3CH2O3.2Sb/c3*2-1(3)4;;/h3*(H2,2,3,4);;/q;;;2*+3/p-6. The Bertz CT molecular complexity index is 116. The van der Waals surface area contributed by atoms with Crippen LogP contribution in [0.4, 0.5) is 14.4 Å². The van der Waals surface area contributed by atoms with Crippen LogP contribution in [0.1, 0.15) is 0 Å². The Kier molecular flexibility index (Phi) is 47.7. The van der Waals surface area contributed by atoms with Crippen LogP contribution in [0.15, 0.2) is 0 Å². The van der Waals surface area contributed by atoms with Crippen molar-refractivity contribution in [3.05, 3.63) is 0 Å². The maximum Gasteiger partial charge on any atom is 3.00 e. The first kappa shape index (κ1) is 29.2. The molecular formula is C3O9Sb2. The van der Waals surface area contributed by atoms with Crippen molar-refractivity contribution in [1.82, 2.24) is 0 Å². The van der Waals surface area contributed by atoms with Crippen molar-refractivity contribution in [1.29, 1.82) is 0 Å². The van der Waals surface area contributed by atoms with Gasteiger partial charge in [-0.3, -0.25) is 0 Å². The third kappa shape index (κ3) is 4080. The topological polar surface area (TPSA) is 190 Å². The van der Waals surface area contributed by atoms with Crippen molar-refractivity contribution in [3.8, 4) is 0 Å². The summed E-state index contributed by atoms with van der Waals surface area (Å²) in [6.45, 7) is 0. The van der Waals surface area contributed by atoms with Crippen molar-refractivity contribution in [2.45, 2.75) is 0 Å². The molecule has 11 heteroatoms. The van der Waals surface area contributed by atoms with Crippen LogP contribution < -0.4 is 30.6 Å². The SMILES string of the molecule is O=C([O-])[O-].O=C([O-])[O-].O=C([O-])[O-].[Sb+3].[Sb+3]. The molecule has 0 unspecified atom stereocenters. The van der Waals surface area contributed by atoms with Gasteiger partial charge in [0.25, 0.3) is 0 Å².